The Bertz CT molecular complexity index is 1100. The molecule has 0 saturated carbocycles. The summed E-state index contributed by atoms with van der Waals surface area (Å²) in [7, 11) is -2.67. The fourth-order valence-corrected chi connectivity index (χ4v) is 6.46. The van der Waals surface area contributed by atoms with Gasteiger partial charge in [-0.2, -0.15) is 0 Å². The third kappa shape index (κ3) is 41.3. The van der Waals surface area contributed by atoms with Gasteiger partial charge in [0.25, 0.3) is 0 Å². The number of allylic oxidation sites excluding steroid dienone is 10. The molecule has 10 heteroatoms. The highest BCUT2D eigenvalue weighted by Gasteiger charge is 2.26. The molecular weight excluding hydrogens is 725 g/mol. The van der Waals surface area contributed by atoms with Crippen LogP contribution in [0.4, 0.5) is 0 Å². The van der Waals surface area contributed by atoms with Crippen LogP contribution in [0.15, 0.2) is 60.8 Å². The molecule has 0 radical (unpaired) electrons. The van der Waals surface area contributed by atoms with Gasteiger partial charge in [-0.15, -0.1) is 0 Å². The first kappa shape index (κ1) is 53.7. The van der Waals surface area contributed by atoms with E-state index >= 15 is 0 Å². The number of carbonyl (C=O) groups is 2. The minimum Gasteiger partial charge on any atom is -0.462 e. The summed E-state index contributed by atoms with van der Waals surface area (Å²) in [5, 5.41) is 2.82. The molecule has 2 N–H and O–H groups in total. The van der Waals surface area contributed by atoms with Crippen molar-refractivity contribution >= 4 is 19.8 Å². The van der Waals surface area contributed by atoms with Crippen LogP contribution in [0.5, 0.6) is 0 Å². The molecule has 0 fully saturated rings. The number of unbranched alkanes of at least 4 members (excludes halogenated alkanes) is 17. The van der Waals surface area contributed by atoms with Gasteiger partial charge in [-0.05, 0) is 90.5 Å². The summed E-state index contributed by atoms with van der Waals surface area (Å²) in [6, 6.07) is 0. The Hall–Kier alpha value is -2.29. The second-order valence-corrected chi connectivity index (χ2v) is 16.0. The number of ether oxygens (including phenoxy) is 2. The highest BCUT2D eigenvalue weighted by molar-refractivity contribution is 7.47. The number of phosphoric ester groups is 1. The number of carbonyl (C=O) groups excluding carboxylic acids is 2. The summed E-state index contributed by atoms with van der Waals surface area (Å²) in [6.45, 7) is 4.13. The zero-order chi connectivity index (χ0) is 41.1. The summed E-state index contributed by atoms with van der Waals surface area (Å²) in [6.07, 6.45) is 48.3. The molecule has 56 heavy (non-hydrogen) atoms. The van der Waals surface area contributed by atoms with E-state index in [0.29, 0.717) is 13.0 Å². The van der Waals surface area contributed by atoms with E-state index in [4.69, 9.17) is 18.5 Å². The second kappa shape index (κ2) is 42.3. The van der Waals surface area contributed by atoms with Crippen LogP contribution in [0, 0.1) is 0 Å². The van der Waals surface area contributed by atoms with Crippen molar-refractivity contribution in [3.05, 3.63) is 60.8 Å². The molecule has 9 nitrogen and oxygen atoms in total. The van der Waals surface area contributed by atoms with E-state index in [1.54, 1.807) is 7.05 Å². The van der Waals surface area contributed by atoms with Crippen molar-refractivity contribution in [2.45, 2.75) is 187 Å². The predicted molar refractivity (Wildman–Crippen MR) is 234 cm³/mol. The average Bonchev–Trinajstić information content (AvgIpc) is 3.18. The first-order valence-electron chi connectivity index (χ1n) is 22.2. The molecule has 324 valence electrons. The average molecular weight is 808 g/mol. The normalized spacial score (nSPS) is 13.9. The van der Waals surface area contributed by atoms with Gasteiger partial charge in [0.05, 0.1) is 13.2 Å². The van der Waals surface area contributed by atoms with Gasteiger partial charge in [-0.3, -0.25) is 18.6 Å². The highest BCUT2D eigenvalue weighted by atomic mass is 31.2. The van der Waals surface area contributed by atoms with Crippen LogP contribution < -0.4 is 5.32 Å². The van der Waals surface area contributed by atoms with Crippen molar-refractivity contribution < 1.29 is 37.6 Å². The van der Waals surface area contributed by atoms with Gasteiger partial charge in [-0.25, -0.2) is 4.57 Å². The van der Waals surface area contributed by atoms with Crippen molar-refractivity contribution in [3.63, 3.8) is 0 Å². The molecule has 0 aliphatic heterocycles. The third-order valence-electron chi connectivity index (χ3n) is 9.11. The Balaban J connectivity index is 4.28. The maximum Gasteiger partial charge on any atom is 0.472 e. The van der Waals surface area contributed by atoms with Crippen molar-refractivity contribution in [2.75, 3.05) is 33.4 Å². The molecule has 0 aliphatic carbocycles. The first-order valence-corrected chi connectivity index (χ1v) is 23.7. The van der Waals surface area contributed by atoms with Crippen LogP contribution >= 0.6 is 7.82 Å². The molecule has 0 bridgehead atoms. The Morgan fingerprint density at radius 1 is 0.554 bits per heavy atom. The fraction of sp³-hybridized carbons (Fsp3) is 0.739. The van der Waals surface area contributed by atoms with Crippen LogP contribution in [-0.4, -0.2) is 56.3 Å². The lowest BCUT2D eigenvalue weighted by molar-refractivity contribution is -0.161. The number of phosphoric acid groups is 1. The van der Waals surface area contributed by atoms with Crippen molar-refractivity contribution in [1.29, 1.82) is 0 Å². The molecule has 0 saturated heterocycles. The van der Waals surface area contributed by atoms with Crippen molar-refractivity contribution in [2.24, 2.45) is 0 Å². The van der Waals surface area contributed by atoms with Crippen molar-refractivity contribution in [1.82, 2.24) is 5.32 Å². The third-order valence-corrected chi connectivity index (χ3v) is 10.1. The summed E-state index contributed by atoms with van der Waals surface area (Å²) < 4.78 is 33.2. The predicted octanol–water partition coefficient (Wildman–Crippen LogP) is 12.8. The molecule has 0 spiro atoms. The zero-order valence-corrected chi connectivity index (χ0v) is 36.7. The van der Waals surface area contributed by atoms with E-state index in [9.17, 15) is 19.0 Å². The van der Waals surface area contributed by atoms with E-state index in [0.717, 1.165) is 77.0 Å². The second-order valence-electron chi connectivity index (χ2n) is 14.5. The Labute approximate surface area is 342 Å². The summed E-state index contributed by atoms with van der Waals surface area (Å²) in [5.74, 6) is -0.844. The number of rotatable bonds is 41. The Kier molecular flexibility index (Phi) is 40.6. The fourth-order valence-electron chi connectivity index (χ4n) is 5.71. The van der Waals surface area contributed by atoms with E-state index in [1.807, 2.05) is 0 Å². The monoisotopic (exact) mass is 808 g/mol. The topological polar surface area (TPSA) is 120 Å². The van der Waals surface area contributed by atoms with Crippen LogP contribution in [-0.2, 0) is 32.7 Å². The first-order chi connectivity index (χ1) is 27.3. The van der Waals surface area contributed by atoms with Gasteiger partial charge in [0.1, 0.15) is 6.61 Å². The van der Waals surface area contributed by atoms with Gasteiger partial charge in [0, 0.05) is 19.4 Å². The lowest BCUT2D eigenvalue weighted by atomic mass is 10.1. The van der Waals surface area contributed by atoms with Crippen LogP contribution in [0.2, 0.25) is 0 Å². The molecule has 2 unspecified atom stereocenters. The smallest absolute Gasteiger partial charge is 0.462 e. The molecule has 0 aromatic rings. The highest BCUT2D eigenvalue weighted by Crippen LogP contribution is 2.43. The molecule has 0 heterocycles. The van der Waals surface area contributed by atoms with Crippen LogP contribution in [0.25, 0.3) is 0 Å². The van der Waals surface area contributed by atoms with Gasteiger partial charge in [-0.1, -0.05) is 145 Å². The molecule has 0 amide bonds. The standard InChI is InChI=1S/C46H82NO8P/c1-4-6-8-10-12-14-16-18-20-22-24-26-28-30-32-34-36-38-45(48)52-42-44(43-54-56(50,51)53-41-40-47-3)55-46(49)39-37-35-33-31-29-27-25-23-21-19-17-15-13-11-9-7-5-2/h12-15,18-21,25,27,44,47H,4-11,16-17,22-24,26,28-43H2,1-3H3,(H,50,51)/b14-12-,15-13-,20-18-,21-19-,27-25-. The van der Waals surface area contributed by atoms with Crippen molar-refractivity contribution in [3.8, 4) is 0 Å². The maximum atomic E-state index is 12.6. The summed E-state index contributed by atoms with van der Waals surface area (Å²) in [4.78, 5) is 35.1. The van der Waals surface area contributed by atoms with E-state index in [-0.39, 0.29) is 32.0 Å². The van der Waals surface area contributed by atoms with Gasteiger partial charge in [0.15, 0.2) is 6.10 Å². The minimum atomic E-state index is -4.36. The molecule has 0 aromatic carbocycles. The molecule has 0 aromatic heterocycles. The lowest BCUT2D eigenvalue weighted by Crippen LogP contribution is -2.29. The molecule has 0 aliphatic rings. The number of likely N-dealkylation sites (N-methyl/N-ethyl adjacent to an activating group) is 1. The quantitative estimate of drug-likeness (QED) is 0.0269. The Morgan fingerprint density at radius 2 is 0.964 bits per heavy atom. The lowest BCUT2D eigenvalue weighted by Gasteiger charge is -2.20. The number of hydrogen-bond acceptors (Lipinski definition) is 8. The molecular formula is C46H82NO8P. The number of nitrogens with one attached hydrogen (secondary N) is 1. The maximum absolute atomic E-state index is 12.6. The largest absolute Gasteiger partial charge is 0.472 e. The molecule has 2 atom stereocenters. The number of hydrogen-bond donors (Lipinski definition) is 2. The van der Waals surface area contributed by atoms with Gasteiger partial charge >= 0.3 is 19.8 Å². The van der Waals surface area contributed by atoms with E-state index in [1.165, 1.54) is 70.6 Å². The van der Waals surface area contributed by atoms with Crippen LogP contribution in [0.3, 0.4) is 0 Å². The SMILES string of the molecule is CCCCC/C=C\C/C=C\C/C=C\CCCCCCC(=O)OC(COC(=O)CCCCCCCCC/C=C\C/C=C\CCCCC)COP(=O)(O)OCCNC. The summed E-state index contributed by atoms with van der Waals surface area (Å²) in [5.41, 5.74) is 0. The molecule has 0 rings (SSSR count). The van der Waals surface area contributed by atoms with E-state index < -0.39 is 26.5 Å². The Morgan fingerprint density at radius 3 is 1.43 bits per heavy atom. The minimum absolute atomic E-state index is 0.0254. The summed E-state index contributed by atoms with van der Waals surface area (Å²) >= 11 is 0. The van der Waals surface area contributed by atoms with Crippen LogP contribution in [0.1, 0.15) is 181 Å². The number of esters is 2. The van der Waals surface area contributed by atoms with Gasteiger partial charge in [0.2, 0.25) is 0 Å². The zero-order valence-electron chi connectivity index (χ0n) is 35.8. The van der Waals surface area contributed by atoms with Gasteiger partial charge < -0.3 is 19.7 Å². The van der Waals surface area contributed by atoms with E-state index in [2.05, 4.69) is 79.9 Å².